The quantitative estimate of drug-likeness (QED) is 0.184. The van der Waals surface area contributed by atoms with Gasteiger partial charge >= 0.3 is 5.97 Å². The van der Waals surface area contributed by atoms with E-state index >= 15 is 0 Å². The molecule has 0 aliphatic carbocycles. The summed E-state index contributed by atoms with van der Waals surface area (Å²) in [5.74, 6) is -2.29. The van der Waals surface area contributed by atoms with Crippen LogP contribution in [-0.2, 0) is 23.9 Å². The van der Waals surface area contributed by atoms with Gasteiger partial charge in [-0.2, -0.15) is 0 Å². The van der Waals surface area contributed by atoms with Gasteiger partial charge in [0.15, 0.2) is 0 Å². The van der Waals surface area contributed by atoms with Gasteiger partial charge in [0.25, 0.3) is 0 Å². The molecule has 8 heteroatoms. The molecule has 3 fully saturated rings. The lowest BCUT2D eigenvalue weighted by Gasteiger charge is -2.39. The Morgan fingerprint density at radius 3 is 2.61 bits per heavy atom. The summed E-state index contributed by atoms with van der Waals surface area (Å²) in [4.78, 5) is 45.5. The first-order chi connectivity index (χ1) is 18.1. The van der Waals surface area contributed by atoms with Crippen LogP contribution < -0.4 is 0 Å². The van der Waals surface area contributed by atoms with Crippen LogP contribution in [-0.4, -0.2) is 82.3 Å². The van der Waals surface area contributed by atoms with Crippen LogP contribution in [0.2, 0.25) is 0 Å². The number of hydrogen-bond acceptors (Lipinski definition) is 6. The van der Waals surface area contributed by atoms with Gasteiger partial charge < -0.3 is 24.4 Å². The largest absolute Gasteiger partial charge is 0.465 e. The summed E-state index contributed by atoms with van der Waals surface area (Å²) >= 11 is 0. The average molecular weight is 533 g/mol. The molecule has 3 saturated heterocycles. The van der Waals surface area contributed by atoms with Crippen molar-refractivity contribution >= 4 is 17.8 Å². The Hall–Kier alpha value is -2.19. The highest BCUT2D eigenvalue weighted by Crippen LogP contribution is 2.65. The molecule has 0 saturated carbocycles. The zero-order chi connectivity index (χ0) is 28.1. The van der Waals surface area contributed by atoms with Crippen molar-refractivity contribution in [1.29, 1.82) is 0 Å². The zero-order valence-electron chi connectivity index (χ0n) is 23.8. The molecule has 3 aliphatic rings. The second-order valence-electron chi connectivity index (χ2n) is 11.5. The number of likely N-dealkylation sites (tertiary alicyclic amines) is 1. The topological polar surface area (TPSA) is 96.4 Å². The summed E-state index contributed by atoms with van der Waals surface area (Å²) in [6, 6.07) is -0.818. The van der Waals surface area contributed by atoms with Crippen LogP contribution in [0.3, 0.4) is 0 Å². The summed E-state index contributed by atoms with van der Waals surface area (Å²) in [5, 5.41) is 9.14. The molecule has 7 atom stereocenters. The molecule has 3 rings (SSSR count). The van der Waals surface area contributed by atoms with Crippen LogP contribution in [0.25, 0.3) is 0 Å². The van der Waals surface area contributed by atoms with Crippen molar-refractivity contribution in [2.45, 2.75) is 102 Å². The fourth-order valence-corrected chi connectivity index (χ4v) is 7.05. The van der Waals surface area contributed by atoms with Crippen LogP contribution in [0, 0.1) is 17.8 Å². The van der Waals surface area contributed by atoms with E-state index in [0.29, 0.717) is 38.8 Å². The van der Waals surface area contributed by atoms with Crippen molar-refractivity contribution in [3.05, 3.63) is 25.3 Å². The number of carbonyl (C=O) groups excluding carboxylic acids is 3. The van der Waals surface area contributed by atoms with Gasteiger partial charge in [0.1, 0.15) is 17.6 Å². The van der Waals surface area contributed by atoms with Gasteiger partial charge in [-0.3, -0.25) is 14.4 Å². The lowest BCUT2D eigenvalue weighted by Crippen LogP contribution is -2.58. The van der Waals surface area contributed by atoms with Gasteiger partial charge in [-0.25, -0.2) is 0 Å². The second kappa shape index (κ2) is 12.8. The van der Waals surface area contributed by atoms with Gasteiger partial charge in [-0.15, -0.1) is 13.2 Å². The molecule has 0 aromatic rings. The SMILES string of the molecule is C=CCCOC(=O)[C@@H]1[C@H]2C(=O)N(CCCCCCO)C(C(=O)N(CC=C)C(C)CCC)C23CC(C)[C@@]1(C)O3. The highest BCUT2D eigenvalue weighted by Gasteiger charge is 2.80. The Balaban J connectivity index is 2.01. The minimum Gasteiger partial charge on any atom is -0.465 e. The molecule has 3 heterocycles. The van der Waals surface area contributed by atoms with Gasteiger partial charge in [0.2, 0.25) is 11.8 Å². The second-order valence-corrected chi connectivity index (χ2v) is 11.5. The number of amides is 2. The van der Waals surface area contributed by atoms with Crippen molar-refractivity contribution in [3.63, 3.8) is 0 Å². The lowest BCUT2D eigenvalue weighted by atomic mass is 9.62. The predicted octanol–water partition coefficient (Wildman–Crippen LogP) is 3.87. The van der Waals surface area contributed by atoms with E-state index in [2.05, 4.69) is 20.1 Å². The van der Waals surface area contributed by atoms with E-state index in [9.17, 15) is 14.4 Å². The molecule has 1 spiro atoms. The van der Waals surface area contributed by atoms with E-state index in [1.54, 1.807) is 17.1 Å². The number of fused-ring (bicyclic) bond motifs is 1. The number of esters is 1. The molecule has 2 bridgehead atoms. The molecule has 3 aliphatic heterocycles. The maximum absolute atomic E-state index is 14.4. The third kappa shape index (κ3) is 5.31. The predicted molar refractivity (Wildman–Crippen MR) is 146 cm³/mol. The highest BCUT2D eigenvalue weighted by molar-refractivity contribution is 5.98. The third-order valence-electron chi connectivity index (χ3n) is 9.02. The fourth-order valence-electron chi connectivity index (χ4n) is 7.05. The van der Waals surface area contributed by atoms with Gasteiger partial charge in [-0.1, -0.05) is 45.3 Å². The first kappa shape index (κ1) is 30.4. The Morgan fingerprint density at radius 1 is 1.26 bits per heavy atom. The van der Waals surface area contributed by atoms with Crippen LogP contribution in [0.5, 0.6) is 0 Å². The van der Waals surface area contributed by atoms with Crippen molar-refractivity contribution in [1.82, 2.24) is 9.80 Å². The molecule has 38 heavy (non-hydrogen) atoms. The zero-order valence-corrected chi connectivity index (χ0v) is 23.8. The number of nitrogens with zero attached hydrogens (tertiary/aromatic N) is 2. The van der Waals surface area contributed by atoms with Crippen molar-refractivity contribution < 1.29 is 29.0 Å². The number of ether oxygens (including phenoxy) is 2. The van der Waals surface area contributed by atoms with E-state index in [1.165, 1.54) is 0 Å². The molecule has 8 nitrogen and oxygen atoms in total. The summed E-state index contributed by atoms with van der Waals surface area (Å²) in [7, 11) is 0. The minimum atomic E-state index is -1.07. The Morgan fingerprint density at radius 2 is 1.97 bits per heavy atom. The molecule has 0 aromatic heterocycles. The molecule has 1 N–H and O–H groups in total. The van der Waals surface area contributed by atoms with Crippen LogP contribution in [0.1, 0.15) is 79.1 Å². The summed E-state index contributed by atoms with van der Waals surface area (Å²) in [5.41, 5.74) is -1.95. The number of aliphatic hydroxyl groups is 1. The Labute approximate surface area is 228 Å². The Kier molecular flexibility index (Phi) is 10.2. The number of unbranched alkanes of at least 4 members (excludes halogenated alkanes) is 3. The summed E-state index contributed by atoms with van der Waals surface area (Å²) < 4.78 is 12.4. The molecule has 0 aromatic carbocycles. The third-order valence-corrected chi connectivity index (χ3v) is 9.02. The summed E-state index contributed by atoms with van der Waals surface area (Å²) in [6.07, 6.45) is 9.37. The van der Waals surface area contributed by atoms with E-state index in [4.69, 9.17) is 14.6 Å². The normalized spacial score (nSPS) is 32.2. The maximum atomic E-state index is 14.4. The van der Waals surface area contributed by atoms with Crippen LogP contribution in [0.4, 0.5) is 0 Å². The minimum absolute atomic E-state index is 0.0197. The molecule has 0 radical (unpaired) electrons. The van der Waals surface area contributed by atoms with Crippen LogP contribution in [0.15, 0.2) is 25.3 Å². The summed E-state index contributed by atoms with van der Waals surface area (Å²) in [6.45, 7) is 16.8. The standard InChI is InChI=1S/C30H48N2O6/c1-7-10-19-37-28(36)24-23-26(34)32(17-13-11-12-14-18-33)25(30(23)20-21(4)29(24,6)38-30)27(35)31(16-9-3)22(5)15-8-2/h7,9,21-25,33H,1,3,8,10-20H2,2,4-6H3/t21?,22?,23-,24-,25?,29+,30?/m0/s1. The number of hydrogen-bond donors (Lipinski definition) is 1. The van der Waals surface area contributed by atoms with Gasteiger partial charge in [0.05, 0.1) is 18.1 Å². The molecule has 214 valence electrons. The van der Waals surface area contributed by atoms with Crippen LogP contribution >= 0.6 is 0 Å². The number of aliphatic hydroxyl groups excluding tert-OH is 1. The van der Waals surface area contributed by atoms with Crippen molar-refractivity contribution in [2.75, 3.05) is 26.3 Å². The van der Waals surface area contributed by atoms with Crippen molar-refractivity contribution in [3.8, 4) is 0 Å². The molecular weight excluding hydrogens is 484 g/mol. The molecular formula is C30H48N2O6. The van der Waals surface area contributed by atoms with E-state index in [-0.39, 0.29) is 37.0 Å². The van der Waals surface area contributed by atoms with Crippen molar-refractivity contribution in [2.24, 2.45) is 17.8 Å². The first-order valence-corrected chi connectivity index (χ1v) is 14.4. The fraction of sp³-hybridized carbons (Fsp3) is 0.767. The number of carbonyl (C=O) groups is 3. The number of rotatable bonds is 16. The maximum Gasteiger partial charge on any atom is 0.312 e. The van der Waals surface area contributed by atoms with E-state index < -0.39 is 35.0 Å². The highest BCUT2D eigenvalue weighted by atomic mass is 16.6. The molecule has 4 unspecified atom stereocenters. The van der Waals surface area contributed by atoms with Gasteiger partial charge in [-0.05, 0) is 51.9 Å². The van der Waals surface area contributed by atoms with E-state index in [1.807, 2.05) is 25.7 Å². The first-order valence-electron chi connectivity index (χ1n) is 14.4. The lowest BCUT2D eigenvalue weighted by molar-refractivity contribution is -0.162. The smallest absolute Gasteiger partial charge is 0.312 e. The monoisotopic (exact) mass is 532 g/mol. The average Bonchev–Trinajstić information content (AvgIpc) is 3.39. The van der Waals surface area contributed by atoms with E-state index in [0.717, 1.165) is 25.7 Å². The molecule has 2 amide bonds. The Bertz CT molecular complexity index is 892. The van der Waals surface area contributed by atoms with Gasteiger partial charge in [0, 0.05) is 25.7 Å².